The van der Waals surface area contributed by atoms with Crippen LogP contribution < -0.4 is 0 Å². The molecule has 160 valence electrons. The van der Waals surface area contributed by atoms with Gasteiger partial charge in [0.15, 0.2) is 0 Å². The number of hydrogen-bond donors (Lipinski definition) is 0. The van der Waals surface area contributed by atoms with Crippen LogP contribution in [0, 0.1) is 6.92 Å². The Morgan fingerprint density at radius 2 is 1.66 bits per heavy atom. The summed E-state index contributed by atoms with van der Waals surface area (Å²) in [5.74, 6) is 0. The second-order valence-electron chi connectivity index (χ2n) is 8.22. The molecule has 0 unspecified atom stereocenters. The molecule has 0 radical (unpaired) electrons. The third-order valence-electron chi connectivity index (χ3n) is 5.92. The summed E-state index contributed by atoms with van der Waals surface area (Å²) in [6.07, 6.45) is 2.99. The van der Waals surface area contributed by atoms with E-state index in [1.807, 2.05) is 24.3 Å². The van der Waals surface area contributed by atoms with E-state index < -0.39 is 0 Å². The maximum absolute atomic E-state index is 5.98. The van der Waals surface area contributed by atoms with Crippen molar-refractivity contribution in [1.82, 2.24) is 4.57 Å². The first kappa shape index (κ1) is 20.6. The van der Waals surface area contributed by atoms with Crippen molar-refractivity contribution < 1.29 is 4.84 Å². The summed E-state index contributed by atoms with van der Waals surface area (Å²) in [5, 5.41) is 5.29. The van der Waals surface area contributed by atoms with Crippen LogP contribution >= 0.6 is 11.6 Å². The molecular weight excluding hydrogens is 416 g/mol. The summed E-state index contributed by atoms with van der Waals surface area (Å²) in [6.45, 7) is 2.55. The molecule has 0 aliphatic heterocycles. The average Bonchev–Trinajstić information content (AvgIpc) is 3.22. The van der Waals surface area contributed by atoms with Gasteiger partial charge in [0.25, 0.3) is 0 Å². The van der Waals surface area contributed by atoms with E-state index in [4.69, 9.17) is 16.4 Å². The maximum atomic E-state index is 5.98. The molecule has 0 fully saturated rings. The van der Waals surface area contributed by atoms with E-state index in [0.29, 0.717) is 6.61 Å². The standard InChI is InChI=1S/C28H25ClN2O/c1-20-10-16-24(17-11-20)31-27-9-5-8-26(30-32-19-21-12-14-23(29)15-13-21)25(27)18-28(31)22-6-3-2-4-7-22/h2-4,6-7,10-18H,5,8-9,19H2,1H3/b30-26-. The lowest BCUT2D eigenvalue weighted by Crippen LogP contribution is -2.14. The van der Waals surface area contributed by atoms with Gasteiger partial charge in [-0.15, -0.1) is 0 Å². The molecule has 1 aromatic heterocycles. The molecule has 32 heavy (non-hydrogen) atoms. The fourth-order valence-electron chi connectivity index (χ4n) is 4.27. The number of oxime groups is 1. The first-order chi connectivity index (χ1) is 15.7. The fraction of sp³-hybridized carbons (Fsp3) is 0.179. The van der Waals surface area contributed by atoms with Crippen LogP contribution in [0.2, 0.25) is 5.02 Å². The quantitative estimate of drug-likeness (QED) is 0.297. The first-order valence-corrected chi connectivity index (χ1v) is 11.4. The number of fused-ring (bicyclic) bond motifs is 1. The topological polar surface area (TPSA) is 26.5 Å². The van der Waals surface area contributed by atoms with Crippen LogP contribution in [0.5, 0.6) is 0 Å². The Balaban J connectivity index is 1.53. The highest BCUT2D eigenvalue weighted by molar-refractivity contribution is 6.30. The molecule has 5 rings (SSSR count). The van der Waals surface area contributed by atoms with Gasteiger partial charge in [0.1, 0.15) is 6.61 Å². The molecule has 4 aromatic rings. The summed E-state index contributed by atoms with van der Waals surface area (Å²) >= 11 is 5.98. The van der Waals surface area contributed by atoms with Crippen molar-refractivity contribution in [3.05, 3.63) is 112 Å². The van der Waals surface area contributed by atoms with E-state index in [2.05, 4.69) is 77.3 Å². The lowest BCUT2D eigenvalue weighted by Gasteiger charge is -2.19. The second-order valence-corrected chi connectivity index (χ2v) is 8.65. The molecule has 1 aliphatic carbocycles. The van der Waals surface area contributed by atoms with Gasteiger partial charge in [-0.05, 0) is 67.6 Å². The van der Waals surface area contributed by atoms with Crippen molar-refractivity contribution >= 4 is 17.3 Å². The number of halogens is 1. The number of aromatic nitrogens is 1. The van der Waals surface area contributed by atoms with Crippen LogP contribution in [0.25, 0.3) is 16.9 Å². The van der Waals surface area contributed by atoms with Gasteiger partial charge in [-0.25, -0.2) is 0 Å². The Morgan fingerprint density at radius 3 is 2.41 bits per heavy atom. The molecule has 0 amide bonds. The highest BCUT2D eigenvalue weighted by Gasteiger charge is 2.24. The third kappa shape index (κ3) is 4.21. The zero-order valence-electron chi connectivity index (χ0n) is 18.1. The van der Waals surface area contributed by atoms with E-state index in [-0.39, 0.29) is 0 Å². The average molecular weight is 441 g/mol. The number of aryl methyl sites for hydroxylation is 1. The number of nitrogens with zero attached hydrogens (tertiary/aromatic N) is 2. The van der Waals surface area contributed by atoms with E-state index in [1.54, 1.807) is 0 Å². The molecule has 0 atom stereocenters. The van der Waals surface area contributed by atoms with E-state index >= 15 is 0 Å². The molecule has 0 bridgehead atoms. The Hall–Kier alpha value is -3.30. The second kappa shape index (κ2) is 9.05. The minimum absolute atomic E-state index is 0.431. The third-order valence-corrected chi connectivity index (χ3v) is 6.17. The van der Waals surface area contributed by atoms with Crippen LogP contribution in [0.1, 0.15) is 35.2 Å². The van der Waals surface area contributed by atoms with Gasteiger partial charge in [-0.3, -0.25) is 0 Å². The molecular formula is C28H25ClN2O. The molecule has 1 heterocycles. The lowest BCUT2D eigenvalue weighted by atomic mass is 9.95. The maximum Gasteiger partial charge on any atom is 0.142 e. The van der Waals surface area contributed by atoms with Gasteiger partial charge in [0, 0.05) is 22.0 Å². The van der Waals surface area contributed by atoms with Gasteiger partial charge < -0.3 is 9.40 Å². The van der Waals surface area contributed by atoms with Crippen molar-refractivity contribution in [1.29, 1.82) is 0 Å². The molecule has 0 saturated heterocycles. The summed E-state index contributed by atoms with van der Waals surface area (Å²) < 4.78 is 2.39. The molecule has 0 spiro atoms. The van der Waals surface area contributed by atoms with Crippen molar-refractivity contribution in [3.63, 3.8) is 0 Å². The predicted octanol–water partition coefficient (Wildman–Crippen LogP) is 7.36. The highest BCUT2D eigenvalue weighted by Crippen LogP contribution is 2.34. The zero-order chi connectivity index (χ0) is 21.9. The Bertz CT molecular complexity index is 1240. The van der Waals surface area contributed by atoms with Crippen molar-refractivity contribution in [3.8, 4) is 16.9 Å². The van der Waals surface area contributed by atoms with Gasteiger partial charge >= 0.3 is 0 Å². The van der Waals surface area contributed by atoms with Gasteiger partial charge in [0.05, 0.1) is 11.4 Å². The fourth-order valence-corrected chi connectivity index (χ4v) is 4.40. The largest absolute Gasteiger partial charge is 0.391 e. The Labute approximate surface area is 193 Å². The van der Waals surface area contributed by atoms with E-state index in [9.17, 15) is 0 Å². The molecule has 3 aromatic carbocycles. The smallest absolute Gasteiger partial charge is 0.142 e. The van der Waals surface area contributed by atoms with Crippen molar-refractivity contribution in [2.75, 3.05) is 0 Å². The van der Waals surface area contributed by atoms with Gasteiger partial charge in [0.2, 0.25) is 0 Å². The summed E-state index contributed by atoms with van der Waals surface area (Å²) in [4.78, 5) is 5.77. The number of rotatable bonds is 5. The van der Waals surface area contributed by atoms with Crippen LogP contribution in [0.15, 0.2) is 90.1 Å². The molecule has 1 aliphatic rings. The minimum atomic E-state index is 0.431. The van der Waals surface area contributed by atoms with E-state index in [1.165, 1.54) is 33.8 Å². The van der Waals surface area contributed by atoms with Crippen LogP contribution in [0.3, 0.4) is 0 Å². The molecule has 0 saturated carbocycles. The molecule has 0 N–H and O–H groups in total. The monoisotopic (exact) mass is 440 g/mol. The van der Waals surface area contributed by atoms with Crippen LogP contribution in [-0.4, -0.2) is 10.3 Å². The Kier molecular flexibility index (Phi) is 5.83. The molecule has 3 nitrogen and oxygen atoms in total. The van der Waals surface area contributed by atoms with Crippen molar-refractivity contribution in [2.45, 2.75) is 32.8 Å². The summed E-state index contributed by atoms with van der Waals surface area (Å²) in [5.41, 5.74) is 9.38. The van der Waals surface area contributed by atoms with Crippen LogP contribution in [-0.2, 0) is 17.9 Å². The summed E-state index contributed by atoms with van der Waals surface area (Å²) in [6, 6.07) is 29.3. The van der Waals surface area contributed by atoms with Crippen LogP contribution in [0.4, 0.5) is 0 Å². The Morgan fingerprint density at radius 1 is 0.906 bits per heavy atom. The molecule has 4 heteroatoms. The predicted molar refractivity (Wildman–Crippen MR) is 132 cm³/mol. The number of hydrogen-bond acceptors (Lipinski definition) is 2. The van der Waals surface area contributed by atoms with Gasteiger partial charge in [-0.1, -0.05) is 76.9 Å². The normalized spacial score (nSPS) is 14.4. The zero-order valence-corrected chi connectivity index (χ0v) is 18.8. The lowest BCUT2D eigenvalue weighted by molar-refractivity contribution is 0.130. The van der Waals surface area contributed by atoms with Gasteiger partial charge in [-0.2, -0.15) is 0 Å². The number of benzene rings is 3. The SMILES string of the molecule is Cc1ccc(-n2c(-c3ccccc3)cc3c2CCC/C3=N/OCc2ccc(Cl)cc2)cc1. The van der Waals surface area contributed by atoms with E-state index in [0.717, 1.165) is 35.6 Å². The summed E-state index contributed by atoms with van der Waals surface area (Å²) in [7, 11) is 0. The van der Waals surface area contributed by atoms with Crippen molar-refractivity contribution in [2.24, 2.45) is 5.16 Å². The first-order valence-electron chi connectivity index (χ1n) is 11.0. The highest BCUT2D eigenvalue weighted by atomic mass is 35.5. The minimum Gasteiger partial charge on any atom is -0.391 e.